The molecule has 1 unspecified atom stereocenters. The van der Waals surface area contributed by atoms with Crippen molar-refractivity contribution >= 4 is 32.5 Å². The standard InChI is InChI=1S/C3H4BNO3S/c4-5-2(6)1(9)3(7)8/h1,9H,(H,5,6)(H,7,8). The summed E-state index contributed by atoms with van der Waals surface area (Å²) in [5.41, 5.74) is 0. The number of carbonyl (C=O) groups is 2. The van der Waals surface area contributed by atoms with Crippen LogP contribution in [0.4, 0.5) is 0 Å². The molecule has 1 atom stereocenters. The van der Waals surface area contributed by atoms with Crippen LogP contribution in [0.1, 0.15) is 0 Å². The molecule has 0 aromatic rings. The molecule has 2 radical (unpaired) electrons. The molecule has 0 rings (SSSR count). The highest BCUT2D eigenvalue weighted by molar-refractivity contribution is 7.82. The summed E-state index contributed by atoms with van der Waals surface area (Å²) in [7, 11) is 4.60. The van der Waals surface area contributed by atoms with Gasteiger partial charge in [0.15, 0.2) is 5.25 Å². The zero-order valence-corrected chi connectivity index (χ0v) is 5.26. The average molecular weight is 145 g/mol. The predicted molar refractivity (Wildman–Crippen MR) is 34.3 cm³/mol. The van der Waals surface area contributed by atoms with E-state index in [-0.39, 0.29) is 0 Å². The minimum Gasteiger partial charge on any atom is -0.480 e. The van der Waals surface area contributed by atoms with Gasteiger partial charge in [-0.15, -0.1) is 0 Å². The molecule has 1 amide bonds. The Labute approximate surface area is 58.5 Å². The molecule has 6 heteroatoms. The number of hydrogen-bond acceptors (Lipinski definition) is 3. The first-order valence-corrected chi connectivity index (χ1v) is 2.52. The Morgan fingerprint density at radius 1 is 1.67 bits per heavy atom. The van der Waals surface area contributed by atoms with Gasteiger partial charge in [0.2, 0.25) is 13.9 Å². The molecule has 0 aromatic heterocycles. The molecule has 0 saturated carbocycles. The lowest BCUT2D eigenvalue weighted by Gasteiger charge is -2.01. The van der Waals surface area contributed by atoms with E-state index in [9.17, 15) is 9.59 Å². The Morgan fingerprint density at radius 2 is 2.11 bits per heavy atom. The molecule has 4 nitrogen and oxygen atoms in total. The second-order valence-electron chi connectivity index (χ2n) is 1.25. The van der Waals surface area contributed by atoms with Gasteiger partial charge in [0.05, 0.1) is 0 Å². The highest BCUT2D eigenvalue weighted by atomic mass is 32.1. The molecule has 9 heavy (non-hydrogen) atoms. The second kappa shape index (κ2) is 3.39. The number of rotatable bonds is 2. The van der Waals surface area contributed by atoms with Crippen molar-refractivity contribution in [2.75, 3.05) is 0 Å². The first-order valence-electron chi connectivity index (χ1n) is 2.01. The first-order chi connectivity index (χ1) is 4.09. The van der Waals surface area contributed by atoms with Crippen LogP contribution >= 0.6 is 12.6 Å². The number of hydrogen-bond donors (Lipinski definition) is 3. The van der Waals surface area contributed by atoms with Crippen molar-refractivity contribution in [3.05, 3.63) is 0 Å². The van der Waals surface area contributed by atoms with Gasteiger partial charge >= 0.3 is 5.97 Å². The van der Waals surface area contributed by atoms with Crippen molar-refractivity contribution in [1.29, 1.82) is 0 Å². The highest BCUT2D eigenvalue weighted by Crippen LogP contribution is 1.92. The maximum atomic E-state index is 10.3. The van der Waals surface area contributed by atoms with E-state index >= 15 is 0 Å². The van der Waals surface area contributed by atoms with E-state index in [1.807, 2.05) is 0 Å². The number of carbonyl (C=O) groups excluding carboxylic acids is 1. The third kappa shape index (κ3) is 2.41. The lowest BCUT2D eigenvalue weighted by Crippen LogP contribution is -2.34. The molecule has 0 bridgehead atoms. The van der Waals surface area contributed by atoms with Crippen LogP contribution in [0.25, 0.3) is 0 Å². The molecule has 2 N–H and O–H groups in total. The Kier molecular flexibility index (Phi) is 3.15. The molecule has 0 fully saturated rings. The molecule has 0 aliphatic carbocycles. The fraction of sp³-hybridized carbons (Fsp3) is 0.333. The largest absolute Gasteiger partial charge is 0.480 e. The molecule has 0 aliphatic rings. The Bertz CT molecular complexity index is 139. The highest BCUT2D eigenvalue weighted by Gasteiger charge is 2.18. The molecule has 0 heterocycles. The van der Waals surface area contributed by atoms with Gasteiger partial charge in [-0.1, -0.05) is 0 Å². The van der Waals surface area contributed by atoms with E-state index in [0.29, 0.717) is 0 Å². The van der Waals surface area contributed by atoms with Gasteiger partial charge in [0.1, 0.15) is 0 Å². The van der Waals surface area contributed by atoms with Crippen molar-refractivity contribution < 1.29 is 14.7 Å². The minimum atomic E-state index is -1.38. The first kappa shape index (κ1) is 8.35. The summed E-state index contributed by atoms with van der Waals surface area (Å²) in [6.07, 6.45) is 0. The van der Waals surface area contributed by atoms with Crippen LogP contribution in [-0.2, 0) is 9.59 Å². The van der Waals surface area contributed by atoms with E-state index in [1.165, 1.54) is 0 Å². The molecule has 0 saturated heterocycles. The van der Waals surface area contributed by atoms with Crippen molar-refractivity contribution in [1.82, 2.24) is 5.23 Å². The van der Waals surface area contributed by atoms with Crippen molar-refractivity contribution in [3.63, 3.8) is 0 Å². The third-order valence-electron chi connectivity index (χ3n) is 0.625. The van der Waals surface area contributed by atoms with Gasteiger partial charge in [0.25, 0.3) is 0 Å². The Balaban J connectivity index is 3.88. The summed E-state index contributed by atoms with van der Waals surface area (Å²) in [5, 5.41) is 8.36. The lowest BCUT2D eigenvalue weighted by atomic mass is 10.3. The van der Waals surface area contributed by atoms with Gasteiger partial charge < -0.3 is 10.3 Å². The topological polar surface area (TPSA) is 66.4 Å². The van der Waals surface area contributed by atoms with E-state index in [0.717, 1.165) is 0 Å². The quantitative estimate of drug-likeness (QED) is 0.253. The zero-order valence-electron chi connectivity index (χ0n) is 4.37. The van der Waals surface area contributed by atoms with E-state index < -0.39 is 17.1 Å². The predicted octanol–water partition coefficient (Wildman–Crippen LogP) is -1.43. The number of nitrogens with one attached hydrogen (secondary N) is 1. The summed E-state index contributed by atoms with van der Waals surface area (Å²) in [6, 6.07) is 0. The summed E-state index contributed by atoms with van der Waals surface area (Å²) in [4.78, 5) is 20.2. The van der Waals surface area contributed by atoms with Gasteiger partial charge in [-0.05, 0) is 0 Å². The number of amides is 1. The Hall–Kier alpha value is -0.645. The number of carboxylic acid groups (broad SMARTS) is 1. The second-order valence-corrected chi connectivity index (χ2v) is 1.77. The molecule has 0 aliphatic heterocycles. The lowest BCUT2D eigenvalue weighted by molar-refractivity contribution is -0.139. The minimum absolute atomic E-state index is 0.828. The Morgan fingerprint density at radius 3 is 2.22 bits per heavy atom. The third-order valence-corrected chi connectivity index (χ3v) is 1.08. The van der Waals surface area contributed by atoms with Gasteiger partial charge in [-0.3, -0.25) is 9.59 Å². The smallest absolute Gasteiger partial charge is 0.326 e. The van der Waals surface area contributed by atoms with Crippen molar-refractivity contribution in [3.8, 4) is 0 Å². The number of carboxylic acids is 1. The van der Waals surface area contributed by atoms with Crippen LogP contribution in [0.15, 0.2) is 0 Å². The van der Waals surface area contributed by atoms with Crippen LogP contribution in [-0.4, -0.2) is 30.2 Å². The van der Waals surface area contributed by atoms with Crippen molar-refractivity contribution in [2.24, 2.45) is 0 Å². The van der Waals surface area contributed by atoms with Gasteiger partial charge in [0, 0.05) is 0 Å². The van der Waals surface area contributed by atoms with Crippen LogP contribution < -0.4 is 5.23 Å². The van der Waals surface area contributed by atoms with E-state index in [4.69, 9.17) is 5.11 Å². The number of aliphatic carboxylic acids is 1. The molecule has 0 spiro atoms. The van der Waals surface area contributed by atoms with Crippen molar-refractivity contribution in [2.45, 2.75) is 5.25 Å². The fourth-order valence-corrected chi connectivity index (χ4v) is 0.266. The average Bonchev–Trinajstić information content (AvgIpc) is 1.84. The normalized spacial score (nSPS) is 12.1. The molecular weight excluding hydrogens is 141 g/mol. The molecular formula is C3H4BNO3S. The monoisotopic (exact) mass is 145 g/mol. The van der Waals surface area contributed by atoms with Crippen LogP contribution in [0.5, 0.6) is 0 Å². The maximum absolute atomic E-state index is 10.3. The fourth-order valence-electron chi connectivity index (χ4n) is 0.191. The van der Waals surface area contributed by atoms with Gasteiger partial charge in [-0.2, -0.15) is 12.6 Å². The molecule has 48 valence electrons. The summed E-state index contributed by atoms with van der Waals surface area (Å²) in [5.74, 6) is -2.15. The number of thiol groups is 1. The van der Waals surface area contributed by atoms with Gasteiger partial charge in [-0.25, -0.2) is 0 Å². The summed E-state index contributed by atoms with van der Waals surface area (Å²) in [6.45, 7) is 0. The zero-order chi connectivity index (χ0) is 7.44. The van der Waals surface area contributed by atoms with Crippen LogP contribution in [0.2, 0.25) is 0 Å². The maximum Gasteiger partial charge on any atom is 0.326 e. The summed E-state index contributed by atoms with van der Waals surface area (Å²) < 4.78 is 0. The molecule has 0 aromatic carbocycles. The van der Waals surface area contributed by atoms with Crippen LogP contribution in [0, 0.1) is 0 Å². The summed E-state index contributed by atoms with van der Waals surface area (Å²) >= 11 is 3.41. The van der Waals surface area contributed by atoms with E-state index in [2.05, 4.69) is 20.6 Å². The van der Waals surface area contributed by atoms with E-state index in [1.54, 1.807) is 5.23 Å². The van der Waals surface area contributed by atoms with Crippen LogP contribution in [0.3, 0.4) is 0 Å². The SMILES string of the molecule is [B]NC(=O)C(S)C(=O)O.